The van der Waals surface area contributed by atoms with Gasteiger partial charge in [0.25, 0.3) is 0 Å². The Labute approximate surface area is 148 Å². The number of carbonyl (C=O) groups excluding carboxylic acids is 1. The summed E-state index contributed by atoms with van der Waals surface area (Å²) in [5, 5.41) is 0. The Balaban J connectivity index is 0.00000264. The molecule has 2 rings (SSSR count). The van der Waals surface area contributed by atoms with Crippen LogP contribution in [0.5, 0.6) is 5.75 Å². The fourth-order valence-electron chi connectivity index (χ4n) is 2.72. The van der Waals surface area contributed by atoms with E-state index in [9.17, 15) is 13.6 Å². The number of esters is 1. The van der Waals surface area contributed by atoms with Gasteiger partial charge in [-0.2, -0.15) is 8.78 Å². The molecule has 1 heterocycles. The first kappa shape index (κ1) is 20.1. The van der Waals surface area contributed by atoms with Crippen LogP contribution in [0, 0.1) is 0 Å². The third-order valence-corrected chi connectivity index (χ3v) is 4.10. The van der Waals surface area contributed by atoms with Crippen molar-refractivity contribution in [2.75, 3.05) is 6.61 Å². The van der Waals surface area contributed by atoms with Crippen LogP contribution in [-0.4, -0.2) is 24.1 Å². The molecule has 0 saturated carbocycles. The van der Waals surface area contributed by atoms with Crippen LogP contribution >= 0.6 is 28.3 Å². The Hall–Kier alpha value is -0.920. The largest absolute Gasteiger partial charge is 0.487 e. The molecule has 0 bridgehead atoms. The molecular formula is C15H19BrClF2NO3. The molecule has 1 aromatic carbocycles. The Kier molecular flexibility index (Phi) is 5.71. The molecule has 1 atom stereocenters. The highest BCUT2D eigenvalue weighted by Crippen LogP contribution is 2.50. The highest BCUT2D eigenvalue weighted by atomic mass is 79.9. The number of hydrogen-bond donors (Lipinski definition) is 1. The highest BCUT2D eigenvalue weighted by molar-refractivity contribution is 9.10. The van der Waals surface area contributed by atoms with E-state index in [-0.39, 0.29) is 36.7 Å². The molecule has 0 aromatic heterocycles. The van der Waals surface area contributed by atoms with Crippen molar-refractivity contribution in [3.8, 4) is 5.75 Å². The monoisotopic (exact) mass is 413 g/mol. The van der Waals surface area contributed by atoms with Crippen molar-refractivity contribution in [3.05, 3.63) is 28.2 Å². The van der Waals surface area contributed by atoms with Crippen LogP contribution in [0.3, 0.4) is 0 Å². The second-order valence-corrected chi connectivity index (χ2v) is 6.86. The summed E-state index contributed by atoms with van der Waals surface area (Å²) in [6.07, 6.45) is -0.227. The summed E-state index contributed by atoms with van der Waals surface area (Å²) < 4.78 is 40.3. The molecule has 0 saturated heterocycles. The van der Waals surface area contributed by atoms with Crippen molar-refractivity contribution in [2.45, 2.75) is 44.3 Å². The zero-order chi connectivity index (χ0) is 16.8. The Bertz CT molecular complexity index is 612. The average Bonchev–Trinajstić information content (AvgIpc) is 2.39. The molecule has 23 heavy (non-hydrogen) atoms. The minimum atomic E-state index is -3.88. The van der Waals surface area contributed by atoms with Gasteiger partial charge < -0.3 is 15.2 Å². The average molecular weight is 415 g/mol. The maximum Gasteiger partial charge on any atom is 0.379 e. The van der Waals surface area contributed by atoms with E-state index in [0.29, 0.717) is 4.47 Å². The first-order chi connectivity index (χ1) is 10.0. The molecule has 1 aliphatic heterocycles. The molecule has 0 spiro atoms. The molecule has 0 radical (unpaired) electrons. The quantitative estimate of drug-likeness (QED) is 0.765. The van der Waals surface area contributed by atoms with Crippen LogP contribution < -0.4 is 10.5 Å². The van der Waals surface area contributed by atoms with E-state index in [2.05, 4.69) is 20.7 Å². The zero-order valence-electron chi connectivity index (χ0n) is 13.0. The lowest BCUT2D eigenvalue weighted by atomic mass is 9.74. The third kappa shape index (κ3) is 3.46. The van der Waals surface area contributed by atoms with Gasteiger partial charge in [0.05, 0.1) is 6.61 Å². The molecule has 1 aliphatic rings. The van der Waals surface area contributed by atoms with E-state index in [0.717, 1.165) is 0 Å². The van der Waals surface area contributed by atoms with Crippen molar-refractivity contribution in [1.82, 2.24) is 0 Å². The number of ether oxygens (including phenoxy) is 2. The second-order valence-electron chi connectivity index (χ2n) is 5.95. The van der Waals surface area contributed by atoms with Crippen molar-refractivity contribution in [1.29, 1.82) is 0 Å². The summed E-state index contributed by atoms with van der Waals surface area (Å²) in [5.41, 5.74) is 3.01. The molecule has 1 aromatic rings. The first-order valence-corrected chi connectivity index (χ1v) is 7.66. The zero-order valence-corrected chi connectivity index (χ0v) is 15.4. The van der Waals surface area contributed by atoms with Crippen LogP contribution in [-0.2, 0) is 15.1 Å². The van der Waals surface area contributed by atoms with Crippen LogP contribution in [0.2, 0.25) is 0 Å². The topological polar surface area (TPSA) is 61.5 Å². The molecule has 0 unspecified atom stereocenters. The maximum atomic E-state index is 14.8. The summed E-state index contributed by atoms with van der Waals surface area (Å²) in [7, 11) is 0. The van der Waals surface area contributed by atoms with Crippen LogP contribution in [0.25, 0.3) is 0 Å². The summed E-state index contributed by atoms with van der Waals surface area (Å²) in [4.78, 5) is 11.8. The van der Waals surface area contributed by atoms with E-state index >= 15 is 0 Å². The lowest BCUT2D eigenvalue weighted by Crippen LogP contribution is -2.62. The number of rotatable bonds is 3. The van der Waals surface area contributed by atoms with E-state index in [1.54, 1.807) is 26.0 Å². The number of halogens is 4. The summed E-state index contributed by atoms with van der Waals surface area (Å²) in [5.74, 6) is -5.26. The third-order valence-electron chi connectivity index (χ3n) is 3.61. The van der Waals surface area contributed by atoms with Crippen LogP contribution in [0.4, 0.5) is 8.78 Å². The fraction of sp³-hybridized carbons (Fsp3) is 0.533. The lowest BCUT2D eigenvalue weighted by Gasteiger charge is -2.46. The van der Waals surface area contributed by atoms with Gasteiger partial charge in [-0.25, -0.2) is 4.79 Å². The Morgan fingerprint density at radius 1 is 1.48 bits per heavy atom. The minimum Gasteiger partial charge on any atom is -0.487 e. The normalized spacial score (nSPS) is 22.4. The van der Waals surface area contributed by atoms with E-state index in [1.165, 1.54) is 13.0 Å². The molecule has 2 N–H and O–H groups in total. The van der Waals surface area contributed by atoms with Crippen molar-refractivity contribution in [2.24, 2.45) is 5.73 Å². The van der Waals surface area contributed by atoms with Gasteiger partial charge in [0, 0.05) is 16.5 Å². The SMILES string of the molecule is CCOC(=O)C(F)(F)[C@@]1(N)CC(C)(C)Oc2ccc(Br)cc21.Cl. The lowest BCUT2D eigenvalue weighted by molar-refractivity contribution is -0.189. The number of carbonyl (C=O) groups is 1. The molecule has 0 fully saturated rings. The summed E-state index contributed by atoms with van der Waals surface area (Å²) >= 11 is 3.23. The highest BCUT2D eigenvalue weighted by Gasteiger charge is 2.63. The first-order valence-electron chi connectivity index (χ1n) is 6.86. The Morgan fingerprint density at radius 2 is 2.09 bits per heavy atom. The standard InChI is InChI=1S/C15H18BrF2NO3.ClH/c1-4-21-12(20)15(17,18)14(19)8-13(2,3)22-11-6-5-9(16)7-10(11)14;/h5-7H,4,8,19H2,1-3H3;1H/t14-;/m1./s1. The fourth-order valence-corrected chi connectivity index (χ4v) is 3.09. The van der Waals surface area contributed by atoms with Gasteiger partial charge in [-0.1, -0.05) is 15.9 Å². The van der Waals surface area contributed by atoms with Gasteiger partial charge in [0.2, 0.25) is 0 Å². The molecule has 0 amide bonds. The van der Waals surface area contributed by atoms with E-state index < -0.39 is 23.0 Å². The summed E-state index contributed by atoms with van der Waals surface area (Å²) in [6.45, 7) is 4.63. The van der Waals surface area contributed by atoms with Gasteiger partial charge in [0.1, 0.15) is 16.9 Å². The van der Waals surface area contributed by atoms with Gasteiger partial charge in [-0.3, -0.25) is 0 Å². The predicted octanol–water partition coefficient (Wildman–Crippen LogP) is 3.78. The van der Waals surface area contributed by atoms with E-state index in [1.807, 2.05) is 0 Å². The van der Waals surface area contributed by atoms with Crippen LogP contribution in [0.1, 0.15) is 32.8 Å². The predicted molar refractivity (Wildman–Crippen MR) is 88.2 cm³/mol. The van der Waals surface area contributed by atoms with Gasteiger partial charge in [-0.15, -0.1) is 12.4 Å². The smallest absolute Gasteiger partial charge is 0.379 e. The van der Waals surface area contributed by atoms with Gasteiger partial charge in [-0.05, 0) is 39.0 Å². The van der Waals surface area contributed by atoms with Crippen molar-refractivity contribution < 1.29 is 23.0 Å². The van der Waals surface area contributed by atoms with E-state index in [4.69, 9.17) is 10.5 Å². The summed E-state index contributed by atoms with van der Waals surface area (Å²) in [6, 6.07) is 4.68. The maximum absolute atomic E-state index is 14.8. The van der Waals surface area contributed by atoms with Crippen molar-refractivity contribution >= 4 is 34.3 Å². The number of hydrogen-bond acceptors (Lipinski definition) is 4. The van der Waals surface area contributed by atoms with Gasteiger partial charge >= 0.3 is 11.9 Å². The molecular weight excluding hydrogens is 396 g/mol. The molecule has 4 nitrogen and oxygen atoms in total. The number of benzene rings is 1. The van der Waals surface area contributed by atoms with Crippen LogP contribution in [0.15, 0.2) is 22.7 Å². The van der Waals surface area contributed by atoms with Crippen molar-refractivity contribution in [3.63, 3.8) is 0 Å². The minimum absolute atomic E-state index is 0. The number of alkyl halides is 2. The number of nitrogens with two attached hydrogens (primary N) is 1. The van der Waals surface area contributed by atoms with Gasteiger partial charge in [0.15, 0.2) is 0 Å². The second kappa shape index (κ2) is 6.53. The number of fused-ring (bicyclic) bond motifs is 1. The molecule has 0 aliphatic carbocycles. The Morgan fingerprint density at radius 3 is 2.65 bits per heavy atom. The molecule has 8 heteroatoms. The molecule has 130 valence electrons.